The van der Waals surface area contributed by atoms with Gasteiger partial charge in [-0.15, -0.1) is 0 Å². The highest BCUT2D eigenvalue weighted by molar-refractivity contribution is 9.09. The zero-order chi connectivity index (χ0) is 13.7. The maximum Gasteiger partial charge on any atom is 0.243 e. The fourth-order valence-electron chi connectivity index (χ4n) is 2.93. The molecule has 0 aromatic rings. The minimum Gasteiger partial charge on any atom is -0.317 e. The summed E-state index contributed by atoms with van der Waals surface area (Å²) < 4.78 is 0. The summed E-state index contributed by atoms with van der Waals surface area (Å²) in [4.78, 5) is 12.6. The molecule has 5 heteroatoms. The van der Waals surface area contributed by atoms with Crippen molar-refractivity contribution in [3.63, 3.8) is 0 Å². The topological polar surface area (TPSA) is 53.5 Å². The zero-order valence-electron chi connectivity index (χ0n) is 11.6. The number of nitrogens with zero attached hydrogens (tertiary/aromatic N) is 1. The third-order valence-corrected chi connectivity index (χ3v) is 5.09. The summed E-state index contributed by atoms with van der Waals surface area (Å²) in [5, 5.41) is 7.67. The van der Waals surface area contributed by atoms with Crippen molar-refractivity contribution in [3.05, 3.63) is 0 Å². The second-order valence-corrected chi connectivity index (χ2v) is 7.01. The van der Waals surface area contributed by atoms with Gasteiger partial charge in [0.05, 0.1) is 0 Å². The van der Waals surface area contributed by atoms with E-state index in [1.165, 1.54) is 6.42 Å². The molecule has 2 rings (SSSR count). The monoisotopic (exact) mass is 329 g/mol. The summed E-state index contributed by atoms with van der Waals surface area (Å²) in [6.07, 6.45) is 6.49. The molecule has 2 fully saturated rings. The van der Waals surface area contributed by atoms with Gasteiger partial charge < -0.3 is 5.32 Å². The number of nitrogens with one attached hydrogen (secondary N) is 2. The van der Waals surface area contributed by atoms with E-state index in [4.69, 9.17) is 0 Å². The van der Waals surface area contributed by atoms with Crippen molar-refractivity contribution >= 4 is 27.5 Å². The van der Waals surface area contributed by atoms with Crippen LogP contribution in [-0.2, 0) is 4.79 Å². The highest BCUT2D eigenvalue weighted by Gasteiger charge is 2.26. The molecule has 2 unspecified atom stereocenters. The van der Waals surface area contributed by atoms with Crippen molar-refractivity contribution in [2.24, 2.45) is 16.9 Å². The van der Waals surface area contributed by atoms with Gasteiger partial charge in [0.25, 0.3) is 0 Å². The van der Waals surface area contributed by atoms with E-state index in [1.807, 2.05) is 6.92 Å². The van der Waals surface area contributed by atoms with Gasteiger partial charge in [-0.05, 0) is 52.1 Å². The molecule has 0 aromatic carbocycles. The summed E-state index contributed by atoms with van der Waals surface area (Å²) in [5.74, 6) is 0.747. The molecule has 1 amide bonds. The maximum absolute atomic E-state index is 12.1. The predicted octanol–water partition coefficient (Wildman–Crippen LogP) is 2.43. The largest absolute Gasteiger partial charge is 0.317 e. The van der Waals surface area contributed by atoms with Crippen LogP contribution in [0.2, 0.25) is 0 Å². The van der Waals surface area contributed by atoms with E-state index in [2.05, 4.69) is 31.8 Å². The van der Waals surface area contributed by atoms with Gasteiger partial charge in [0.1, 0.15) is 0 Å². The lowest BCUT2D eigenvalue weighted by molar-refractivity contribution is -0.125. The molecule has 2 atom stereocenters. The molecule has 1 aliphatic heterocycles. The van der Waals surface area contributed by atoms with E-state index in [-0.39, 0.29) is 11.8 Å². The fraction of sp³-hybridized carbons (Fsp3) is 0.857. The van der Waals surface area contributed by atoms with Crippen molar-refractivity contribution in [2.45, 2.75) is 50.3 Å². The average Bonchev–Trinajstić information content (AvgIpc) is 2.45. The number of carbonyl (C=O) groups excluding carboxylic acids is 1. The number of halogens is 1. The van der Waals surface area contributed by atoms with E-state index in [0.29, 0.717) is 10.7 Å². The highest BCUT2D eigenvalue weighted by atomic mass is 79.9. The normalized spacial score (nSPS) is 30.1. The van der Waals surface area contributed by atoms with Gasteiger partial charge in [0.2, 0.25) is 5.91 Å². The minimum atomic E-state index is 0.0948. The standard InChI is InChI=1S/C14H24BrN3O/c1-10(11-5-7-16-8-6-11)17-18-14(19)12-3-2-4-13(15)9-12/h11-13,16H,2-9H2,1H3,(H,18,19)/b17-10+. The Balaban J connectivity index is 1.81. The van der Waals surface area contributed by atoms with Crippen LogP contribution in [0.25, 0.3) is 0 Å². The Morgan fingerprint density at radius 1 is 1.21 bits per heavy atom. The van der Waals surface area contributed by atoms with Crippen LogP contribution in [0.5, 0.6) is 0 Å². The van der Waals surface area contributed by atoms with Crippen LogP contribution in [0.3, 0.4) is 0 Å². The van der Waals surface area contributed by atoms with Gasteiger partial charge in [-0.2, -0.15) is 5.10 Å². The van der Waals surface area contributed by atoms with Crippen LogP contribution >= 0.6 is 15.9 Å². The van der Waals surface area contributed by atoms with Crippen LogP contribution in [0.1, 0.15) is 45.4 Å². The second kappa shape index (κ2) is 7.39. The van der Waals surface area contributed by atoms with Gasteiger partial charge in [-0.25, -0.2) is 5.43 Å². The molecule has 108 valence electrons. The van der Waals surface area contributed by atoms with Gasteiger partial charge in [-0.3, -0.25) is 4.79 Å². The first kappa shape index (κ1) is 15.0. The summed E-state index contributed by atoms with van der Waals surface area (Å²) in [6, 6.07) is 0. The van der Waals surface area contributed by atoms with Crippen LogP contribution in [0.4, 0.5) is 0 Å². The van der Waals surface area contributed by atoms with E-state index in [9.17, 15) is 4.79 Å². The zero-order valence-corrected chi connectivity index (χ0v) is 13.2. The van der Waals surface area contributed by atoms with Gasteiger partial charge >= 0.3 is 0 Å². The molecule has 4 nitrogen and oxygen atoms in total. The number of hydrogen-bond donors (Lipinski definition) is 2. The third kappa shape index (κ3) is 4.56. The van der Waals surface area contributed by atoms with Crippen molar-refractivity contribution in [3.8, 4) is 0 Å². The van der Waals surface area contributed by atoms with Gasteiger partial charge in [-0.1, -0.05) is 22.4 Å². The predicted molar refractivity (Wildman–Crippen MR) is 81.5 cm³/mol. The number of piperidine rings is 1. The van der Waals surface area contributed by atoms with E-state index in [0.717, 1.165) is 50.9 Å². The molecule has 1 saturated heterocycles. The molecule has 1 saturated carbocycles. The minimum absolute atomic E-state index is 0.0948. The van der Waals surface area contributed by atoms with Gasteiger partial charge in [0, 0.05) is 22.4 Å². The molecular weight excluding hydrogens is 306 g/mol. The molecule has 0 spiro atoms. The number of hydrazone groups is 1. The number of amides is 1. The molecule has 2 aliphatic rings. The average molecular weight is 330 g/mol. The summed E-state index contributed by atoms with van der Waals surface area (Å²) in [7, 11) is 0. The van der Waals surface area contributed by atoms with Crippen molar-refractivity contribution < 1.29 is 4.79 Å². The smallest absolute Gasteiger partial charge is 0.243 e. The Bertz CT molecular complexity index is 340. The fourth-order valence-corrected chi connectivity index (χ4v) is 3.71. The lowest BCUT2D eigenvalue weighted by Gasteiger charge is -2.25. The van der Waals surface area contributed by atoms with Crippen molar-refractivity contribution in [2.75, 3.05) is 13.1 Å². The summed E-state index contributed by atoms with van der Waals surface area (Å²) in [6.45, 7) is 4.14. The number of hydrogen-bond acceptors (Lipinski definition) is 3. The molecule has 1 heterocycles. The van der Waals surface area contributed by atoms with Crippen LogP contribution < -0.4 is 10.7 Å². The van der Waals surface area contributed by atoms with Crippen LogP contribution in [0, 0.1) is 11.8 Å². The number of rotatable bonds is 3. The third-order valence-electron chi connectivity index (χ3n) is 4.25. The molecule has 19 heavy (non-hydrogen) atoms. The highest BCUT2D eigenvalue weighted by Crippen LogP contribution is 2.29. The molecule has 0 radical (unpaired) electrons. The molecule has 1 aliphatic carbocycles. The Morgan fingerprint density at radius 2 is 1.95 bits per heavy atom. The van der Waals surface area contributed by atoms with Crippen LogP contribution in [-0.4, -0.2) is 29.5 Å². The molecule has 2 N–H and O–H groups in total. The summed E-state index contributed by atoms with van der Waals surface area (Å²) in [5.41, 5.74) is 3.85. The van der Waals surface area contributed by atoms with E-state index in [1.54, 1.807) is 0 Å². The van der Waals surface area contributed by atoms with Gasteiger partial charge in [0.15, 0.2) is 0 Å². The lowest BCUT2D eigenvalue weighted by Crippen LogP contribution is -2.34. The first-order valence-electron chi connectivity index (χ1n) is 7.35. The Hall–Kier alpha value is -0.420. The molecular formula is C14H24BrN3O. The first-order valence-corrected chi connectivity index (χ1v) is 8.27. The second-order valence-electron chi connectivity index (χ2n) is 5.71. The van der Waals surface area contributed by atoms with E-state index >= 15 is 0 Å². The number of carbonyl (C=O) groups is 1. The summed E-state index contributed by atoms with van der Waals surface area (Å²) >= 11 is 3.62. The van der Waals surface area contributed by atoms with Crippen LogP contribution in [0.15, 0.2) is 5.10 Å². The maximum atomic E-state index is 12.1. The quantitative estimate of drug-likeness (QED) is 0.474. The number of alkyl halides is 1. The molecule has 0 bridgehead atoms. The Morgan fingerprint density at radius 3 is 2.63 bits per heavy atom. The molecule has 0 aromatic heterocycles. The first-order chi connectivity index (χ1) is 9.16. The van der Waals surface area contributed by atoms with Crippen molar-refractivity contribution in [1.29, 1.82) is 0 Å². The lowest BCUT2D eigenvalue weighted by atomic mass is 9.89. The SMILES string of the molecule is C/C(=N\NC(=O)C1CCCC(Br)C1)C1CCNCC1. The Kier molecular flexibility index (Phi) is 5.82. The Labute approximate surface area is 123 Å². The van der Waals surface area contributed by atoms with E-state index < -0.39 is 0 Å². The van der Waals surface area contributed by atoms with Crippen molar-refractivity contribution in [1.82, 2.24) is 10.7 Å².